The molecule has 1 aliphatic heterocycles. The molecule has 5 fully saturated rings. The van der Waals surface area contributed by atoms with E-state index in [4.69, 9.17) is 4.74 Å². The minimum atomic E-state index is -1.02. The van der Waals surface area contributed by atoms with Gasteiger partial charge in [0.15, 0.2) is 0 Å². The Labute approximate surface area is 194 Å². The molecule has 178 valence electrons. The zero-order chi connectivity index (χ0) is 22.9. The zero-order valence-electron chi connectivity index (χ0n) is 19.4. The van der Waals surface area contributed by atoms with Crippen molar-refractivity contribution in [2.45, 2.75) is 76.7 Å². The Hall–Kier alpha value is -2.11. The topological polar surface area (TPSA) is 66.8 Å². The molecule has 0 spiro atoms. The van der Waals surface area contributed by atoms with Crippen molar-refractivity contribution in [2.24, 2.45) is 29.1 Å². The van der Waals surface area contributed by atoms with E-state index in [0.717, 1.165) is 36.2 Å². The van der Waals surface area contributed by atoms with E-state index in [1.165, 1.54) is 49.5 Å². The molecule has 1 N–H and O–H groups in total. The number of hydrogen-bond acceptors (Lipinski definition) is 3. The summed E-state index contributed by atoms with van der Waals surface area (Å²) in [5, 5.41) is 9.59. The summed E-state index contributed by atoms with van der Waals surface area (Å²) in [6, 6.07) is 2.16. The van der Waals surface area contributed by atoms with Crippen molar-refractivity contribution in [3.63, 3.8) is 0 Å². The number of hydrogen-bond donors (Lipinski definition) is 1. The average Bonchev–Trinajstić information content (AvgIpc) is 3.50. The fourth-order valence-corrected chi connectivity index (χ4v) is 7.76. The van der Waals surface area contributed by atoms with Crippen molar-refractivity contribution >= 4 is 11.9 Å². The molecule has 1 aromatic rings. The minimum Gasteiger partial charge on any atom is -0.493 e. The monoisotopic (exact) mass is 455 g/mol. The second-order valence-electron chi connectivity index (χ2n) is 11.8. The largest absolute Gasteiger partial charge is 0.493 e. The molecule has 4 saturated carbocycles. The van der Waals surface area contributed by atoms with Gasteiger partial charge in [-0.05, 0) is 99.0 Å². The number of likely N-dealkylation sites (tertiary alicyclic amines) is 1. The fraction of sp³-hybridized carbons (Fsp3) is 0.704. The molecular formula is C27H34FNO4. The number of ether oxygens (including phenoxy) is 1. The van der Waals surface area contributed by atoms with Crippen LogP contribution in [0.25, 0.3) is 0 Å². The third kappa shape index (κ3) is 3.64. The van der Waals surface area contributed by atoms with Crippen molar-refractivity contribution in [1.82, 2.24) is 4.90 Å². The number of benzene rings is 1. The number of amides is 1. The number of carbonyl (C=O) groups excluding carboxylic acids is 1. The summed E-state index contributed by atoms with van der Waals surface area (Å²) < 4.78 is 21.6. The SMILES string of the molecule is C[C@@H]1CCN(C(=O)c2cc(C3CC3)c(OCC34CCC5CC(CC5C3)C4)cc2F)[C@@H]1C(=O)O. The van der Waals surface area contributed by atoms with E-state index >= 15 is 4.39 Å². The second-order valence-corrected chi connectivity index (χ2v) is 11.8. The molecule has 33 heavy (non-hydrogen) atoms. The van der Waals surface area contributed by atoms with Gasteiger partial charge in [-0.25, -0.2) is 9.18 Å². The molecule has 5 nitrogen and oxygen atoms in total. The number of halogens is 1. The van der Waals surface area contributed by atoms with Gasteiger partial charge in [0.05, 0.1) is 12.2 Å². The lowest BCUT2D eigenvalue weighted by molar-refractivity contribution is -0.142. The van der Waals surface area contributed by atoms with Crippen molar-refractivity contribution in [3.05, 3.63) is 29.1 Å². The quantitative estimate of drug-likeness (QED) is 0.638. The van der Waals surface area contributed by atoms with Crippen LogP contribution >= 0.6 is 0 Å². The van der Waals surface area contributed by atoms with Crippen molar-refractivity contribution in [2.75, 3.05) is 13.2 Å². The maximum atomic E-state index is 15.3. The van der Waals surface area contributed by atoms with Crippen LogP contribution in [0.5, 0.6) is 5.75 Å². The molecule has 1 amide bonds. The second kappa shape index (κ2) is 7.71. The summed E-state index contributed by atoms with van der Waals surface area (Å²) in [5.74, 6) is 1.22. The lowest BCUT2D eigenvalue weighted by Crippen LogP contribution is -2.43. The van der Waals surface area contributed by atoms with Gasteiger partial charge in [0, 0.05) is 18.0 Å². The molecule has 6 rings (SSSR count). The summed E-state index contributed by atoms with van der Waals surface area (Å²) >= 11 is 0. The van der Waals surface area contributed by atoms with Crippen molar-refractivity contribution in [3.8, 4) is 5.75 Å². The van der Waals surface area contributed by atoms with E-state index in [2.05, 4.69) is 0 Å². The summed E-state index contributed by atoms with van der Waals surface area (Å²) in [6.07, 6.45) is 10.4. The van der Waals surface area contributed by atoms with Crippen molar-refractivity contribution in [1.29, 1.82) is 0 Å². The van der Waals surface area contributed by atoms with E-state index in [1.807, 2.05) is 6.92 Å². The van der Waals surface area contributed by atoms with Crippen LogP contribution < -0.4 is 4.74 Å². The van der Waals surface area contributed by atoms with Gasteiger partial charge >= 0.3 is 5.97 Å². The lowest BCUT2D eigenvalue weighted by Gasteiger charge is -2.44. The van der Waals surface area contributed by atoms with Gasteiger partial charge in [-0.2, -0.15) is 0 Å². The van der Waals surface area contributed by atoms with Crippen LogP contribution in [-0.4, -0.2) is 41.1 Å². The Balaban J connectivity index is 1.24. The predicted molar refractivity (Wildman–Crippen MR) is 121 cm³/mol. The molecular weight excluding hydrogens is 421 g/mol. The highest BCUT2D eigenvalue weighted by atomic mass is 19.1. The molecule has 1 aromatic carbocycles. The van der Waals surface area contributed by atoms with E-state index in [0.29, 0.717) is 31.2 Å². The summed E-state index contributed by atoms with van der Waals surface area (Å²) in [7, 11) is 0. The number of nitrogens with zero attached hydrogens (tertiary/aromatic N) is 1. The van der Waals surface area contributed by atoms with Crippen LogP contribution in [-0.2, 0) is 4.79 Å². The first-order chi connectivity index (χ1) is 15.8. The van der Waals surface area contributed by atoms with Crippen LogP contribution in [0.4, 0.5) is 4.39 Å². The first kappa shape index (κ1) is 21.4. The van der Waals surface area contributed by atoms with Gasteiger partial charge in [0.2, 0.25) is 0 Å². The Morgan fingerprint density at radius 1 is 1.15 bits per heavy atom. The molecule has 3 bridgehead atoms. The highest BCUT2D eigenvalue weighted by Gasteiger charge is 2.52. The minimum absolute atomic E-state index is 0.0148. The van der Waals surface area contributed by atoms with Crippen LogP contribution in [0.15, 0.2) is 12.1 Å². The van der Waals surface area contributed by atoms with Crippen LogP contribution in [0.3, 0.4) is 0 Å². The first-order valence-electron chi connectivity index (χ1n) is 12.8. The Morgan fingerprint density at radius 2 is 1.94 bits per heavy atom. The van der Waals surface area contributed by atoms with E-state index in [-0.39, 0.29) is 16.9 Å². The van der Waals surface area contributed by atoms with Crippen molar-refractivity contribution < 1.29 is 23.8 Å². The van der Waals surface area contributed by atoms with Gasteiger partial charge in [0.1, 0.15) is 17.6 Å². The maximum Gasteiger partial charge on any atom is 0.326 e. The van der Waals surface area contributed by atoms with Gasteiger partial charge in [-0.1, -0.05) is 6.92 Å². The van der Waals surface area contributed by atoms with Gasteiger partial charge in [-0.3, -0.25) is 4.79 Å². The molecule has 0 radical (unpaired) electrons. The molecule has 6 heteroatoms. The maximum absolute atomic E-state index is 15.3. The average molecular weight is 456 g/mol. The van der Waals surface area contributed by atoms with Crippen LogP contribution in [0.2, 0.25) is 0 Å². The fourth-order valence-electron chi connectivity index (χ4n) is 7.76. The van der Waals surface area contributed by atoms with E-state index in [9.17, 15) is 14.7 Å². The van der Waals surface area contributed by atoms with Gasteiger partial charge < -0.3 is 14.7 Å². The number of rotatable bonds is 6. The highest BCUT2D eigenvalue weighted by molar-refractivity contribution is 5.97. The summed E-state index contributed by atoms with van der Waals surface area (Å²) in [6.45, 7) is 2.82. The van der Waals surface area contributed by atoms with E-state index in [1.54, 1.807) is 6.07 Å². The number of fused-ring (bicyclic) bond motifs is 2. The normalized spacial score (nSPS) is 36.9. The lowest BCUT2D eigenvalue weighted by atomic mass is 9.62. The van der Waals surface area contributed by atoms with Gasteiger partial charge in [-0.15, -0.1) is 0 Å². The Morgan fingerprint density at radius 3 is 2.70 bits per heavy atom. The zero-order valence-corrected chi connectivity index (χ0v) is 19.4. The Bertz CT molecular complexity index is 987. The number of aliphatic carboxylic acids is 1. The molecule has 0 aromatic heterocycles. The molecule has 4 unspecified atom stereocenters. The predicted octanol–water partition coefficient (Wildman–Crippen LogP) is 5.23. The van der Waals surface area contributed by atoms with E-state index < -0.39 is 23.7 Å². The molecule has 4 aliphatic carbocycles. The standard InChI is InChI=1S/C27H34FNO4/c1-15-5-7-29(24(15)26(31)32)25(30)21-10-20(17-2-3-17)23(11-22(21)28)33-14-27-6-4-18-8-16(12-27)9-19(18)13-27/h10-11,15-19,24H,2-9,12-14H2,1H3,(H,31,32)/t15-,16?,18?,19?,24+,27?/m1/s1. The number of carboxylic acids is 1. The molecule has 5 aliphatic rings. The number of carboxylic acid groups (broad SMARTS) is 1. The van der Waals surface area contributed by atoms with Crippen LogP contribution in [0.1, 0.15) is 86.6 Å². The highest BCUT2D eigenvalue weighted by Crippen LogP contribution is 2.60. The summed E-state index contributed by atoms with van der Waals surface area (Å²) in [5.41, 5.74) is 1.13. The molecule has 6 atom stereocenters. The smallest absolute Gasteiger partial charge is 0.326 e. The Kier molecular flexibility index (Phi) is 5.00. The van der Waals surface area contributed by atoms with Gasteiger partial charge in [0.25, 0.3) is 5.91 Å². The third-order valence-corrected chi connectivity index (χ3v) is 9.50. The third-order valence-electron chi connectivity index (χ3n) is 9.50. The number of carbonyl (C=O) groups is 2. The first-order valence-corrected chi connectivity index (χ1v) is 12.8. The van der Waals surface area contributed by atoms with Crippen LogP contribution in [0, 0.1) is 34.9 Å². The molecule has 1 saturated heterocycles. The molecule has 1 heterocycles. The summed E-state index contributed by atoms with van der Waals surface area (Å²) in [4.78, 5) is 26.3.